The van der Waals surface area contributed by atoms with Gasteiger partial charge in [-0.05, 0) is 18.2 Å². The third kappa shape index (κ3) is 1.02. The molecule has 0 bridgehead atoms. The zero-order valence-corrected chi connectivity index (χ0v) is 7.15. The Morgan fingerprint density at radius 2 is 2.31 bits per heavy atom. The van der Waals surface area contributed by atoms with Gasteiger partial charge in [-0.1, -0.05) is 0 Å². The first kappa shape index (κ1) is 7.62. The number of hydrogen-bond donors (Lipinski definition) is 1. The molecule has 0 spiro atoms. The van der Waals surface area contributed by atoms with Crippen LogP contribution in [0.25, 0.3) is 5.52 Å². The van der Waals surface area contributed by atoms with Gasteiger partial charge < -0.3 is 5.32 Å². The van der Waals surface area contributed by atoms with E-state index in [2.05, 4.69) is 16.5 Å². The van der Waals surface area contributed by atoms with Gasteiger partial charge in [0.25, 0.3) is 0 Å². The number of hydrogen-bond acceptors (Lipinski definition) is 3. The zero-order valence-electron chi connectivity index (χ0n) is 7.15. The highest BCUT2D eigenvalue weighted by Crippen LogP contribution is 2.16. The molecule has 4 nitrogen and oxygen atoms in total. The maximum atomic E-state index is 8.79. The molecule has 0 atom stereocenters. The number of fused-ring (bicyclic) bond motifs is 1. The molecule has 2 rings (SSSR count). The molecule has 0 unspecified atom stereocenters. The lowest BCUT2D eigenvalue weighted by Crippen LogP contribution is -1.97. The molecule has 1 N–H and O–H groups in total. The zero-order chi connectivity index (χ0) is 9.26. The number of pyridine rings is 1. The van der Waals surface area contributed by atoms with Crippen LogP contribution in [0.2, 0.25) is 0 Å². The van der Waals surface area contributed by atoms with Gasteiger partial charge in [0.15, 0.2) is 0 Å². The Bertz CT molecular complexity index is 478. The van der Waals surface area contributed by atoms with E-state index >= 15 is 0 Å². The van der Waals surface area contributed by atoms with Gasteiger partial charge in [-0.15, -0.1) is 0 Å². The summed E-state index contributed by atoms with van der Waals surface area (Å²) in [6.07, 6.45) is 1.68. The Morgan fingerprint density at radius 3 is 3.00 bits per heavy atom. The van der Waals surface area contributed by atoms with Crippen LogP contribution in [-0.2, 0) is 0 Å². The van der Waals surface area contributed by atoms with Crippen molar-refractivity contribution in [1.29, 1.82) is 5.26 Å². The highest BCUT2D eigenvalue weighted by molar-refractivity contribution is 5.72. The van der Waals surface area contributed by atoms with Crippen LogP contribution in [0.3, 0.4) is 0 Å². The van der Waals surface area contributed by atoms with Crippen molar-refractivity contribution < 1.29 is 0 Å². The third-order valence-corrected chi connectivity index (χ3v) is 1.94. The SMILES string of the molecule is CNc1ccc(C#N)n2nccc12. The van der Waals surface area contributed by atoms with E-state index in [9.17, 15) is 0 Å². The molecular formula is C9H8N4. The van der Waals surface area contributed by atoms with Crippen LogP contribution in [0.4, 0.5) is 5.69 Å². The lowest BCUT2D eigenvalue weighted by molar-refractivity contribution is 0.941. The molecular weight excluding hydrogens is 164 g/mol. The van der Waals surface area contributed by atoms with Crippen molar-refractivity contribution in [2.24, 2.45) is 0 Å². The van der Waals surface area contributed by atoms with Crippen LogP contribution in [0.5, 0.6) is 0 Å². The normalized spacial score (nSPS) is 9.85. The van der Waals surface area contributed by atoms with E-state index in [1.165, 1.54) is 0 Å². The van der Waals surface area contributed by atoms with Gasteiger partial charge in [0.05, 0.1) is 17.4 Å². The number of nitrogens with one attached hydrogen (secondary N) is 1. The van der Waals surface area contributed by atoms with Crippen molar-refractivity contribution in [3.05, 3.63) is 30.1 Å². The first-order valence-electron chi connectivity index (χ1n) is 3.91. The van der Waals surface area contributed by atoms with Crippen molar-refractivity contribution >= 4 is 11.2 Å². The predicted molar refractivity (Wildman–Crippen MR) is 49.5 cm³/mol. The minimum Gasteiger partial charge on any atom is -0.386 e. The molecule has 2 heterocycles. The number of nitrogens with zero attached hydrogens (tertiary/aromatic N) is 3. The summed E-state index contributed by atoms with van der Waals surface area (Å²) in [6, 6.07) is 7.56. The van der Waals surface area contributed by atoms with E-state index in [-0.39, 0.29) is 0 Å². The van der Waals surface area contributed by atoms with Crippen molar-refractivity contribution in [1.82, 2.24) is 9.61 Å². The summed E-state index contributed by atoms with van der Waals surface area (Å²) in [5, 5.41) is 15.9. The highest BCUT2D eigenvalue weighted by atomic mass is 15.2. The summed E-state index contributed by atoms with van der Waals surface area (Å²) in [4.78, 5) is 0. The Kier molecular flexibility index (Phi) is 1.64. The number of aromatic nitrogens is 2. The topological polar surface area (TPSA) is 53.1 Å². The summed E-state index contributed by atoms with van der Waals surface area (Å²) in [6.45, 7) is 0. The number of anilines is 1. The Balaban J connectivity index is 2.83. The molecule has 0 aromatic carbocycles. The molecule has 0 amide bonds. The first-order valence-corrected chi connectivity index (χ1v) is 3.91. The lowest BCUT2D eigenvalue weighted by Gasteiger charge is -2.03. The molecule has 13 heavy (non-hydrogen) atoms. The fourth-order valence-corrected chi connectivity index (χ4v) is 1.31. The van der Waals surface area contributed by atoms with Crippen LogP contribution >= 0.6 is 0 Å². The predicted octanol–water partition coefficient (Wildman–Crippen LogP) is 1.25. The number of nitriles is 1. The van der Waals surface area contributed by atoms with E-state index in [0.29, 0.717) is 5.69 Å². The smallest absolute Gasteiger partial charge is 0.142 e. The fraction of sp³-hybridized carbons (Fsp3) is 0.111. The van der Waals surface area contributed by atoms with Gasteiger partial charge in [-0.2, -0.15) is 10.4 Å². The second-order valence-electron chi connectivity index (χ2n) is 2.62. The van der Waals surface area contributed by atoms with Gasteiger partial charge >= 0.3 is 0 Å². The molecule has 0 radical (unpaired) electrons. The van der Waals surface area contributed by atoms with E-state index in [1.807, 2.05) is 19.2 Å². The lowest BCUT2D eigenvalue weighted by atomic mass is 10.3. The van der Waals surface area contributed by atoms with Crippen molar-refractivity contribution in [2.75, 3.05) is 12.4 Å². The Morgan fingerprint density at radius 1 is 1.46 bits per heavy atom. The van der Waals surface area contributed by atoms with Crippen LogP contribution in [0.15, 0.2) is 24.4 Å². The van der Waals surface area contributed by atoms with E-state index < -0.39 is 0 Å². The van der Waals surface area contributed by atoms with Gasteiger partial charge in [-0.3, -0.25) is 0 Å². The van der Waals surface area contributed by atoms with Crippen LogP contribution in [0.1, 0.15) is 5.69 Å². The summed E-state index contributed by atoms with van der Waals surface area (Å²) in [5.41, 5.74) is 2.43. The molecule has 0 aliphatic carbocycles. The molecule has 0 saturated heterocycles. The largest absolute Gasteiger partial charge is 0.386 e. The maximum Gasteiger partial charge on any atom is 0.142 e. The van der Waals surface area contributed by atoms with Crippen LogP contribution < -0.4 is 5.32 Å². The minimum atomic E-state index is 0.541. The summed E-state index contributed by atoms with van der Waals surface area (Å²) in [5.74, 6) is 0. The third-order valence-electron chi connectivity index (χ3n) is 1.94. The molecule has 0 aliphatic rings. The highest BCUT2D eigenvalue weighted by Gasteiger charge is 2.03. The summed E-state index contributed by atoms with van der Waals surface area (Å²) >= 11 is 0. The minimum absolute atomic E-state index is 0.541. The second-order valence-corrected chi connectivity index (χ2v) is 2.62. The Labute approximate surface area is 75.4 Å². The van der Waals surface area contributed by atoms with Gasteiger partial charge in [0.1, 0.15) is 11.8 Å². The average molecular weight is 172 g/mol. The quantitative estimate of drug-likeness (QED) is 0.704. The first-order chi connectivity index (χ1) is 6.36. The van der Waals surface area contributed by atoms with Crippen molar-refractivity contribution in [3.8, 4) is 6.07 Å². The van der Waals surface area contributed by atoms with Crippen molar-refractivity contribution in [2.45, 2.75) is 0 Å². The molecule has 2 aromatic rings. The number of rotatable bonds is 1. The molecule has 0 fully saturated rings. The van der Waals surface area contributed by atoms with Gasteiger partial charge in [0, 0.05) is 7.05 Å². The van der Waals surface area contributed by atoms with E-state index in [4.69, 9.17) is 5.26 Å². The summed E-state index contributed by atoms with van der Waals surface area (Å²) < 4.78 is 1.62. The van der Waals surface area contributed by atoms with Gasteiger partial charge in [-0.25, -0.2) is 4.52 Å². The molecule has 0 saturated carbocycles. The van der Waals surface area contributed by atoms with Crippen LogP contribution in [-0.4, -0.2) is 16.7 Å². The van der Waals surface area contributed by atoms with E-state index in [0.717, 1.165) is 11.2 Å². The Hall–Kier alpha value is -2.02. The second kappa shape index (κ2) is 2.79. The fourth-order valence-electron chi connectivity index (χ4n) is 1.31. The summed E-state index contributed by atoms with van der Waals surface area (Å²) in [7, 11) is 1.84. The van der Waals surface area contributed by atoms with Gasteiger partial charge in [0.2, 0.25) is 0 Å². The average Bonchev–Trinajstić information content (AvgIpc) is 2.64. The van der Waals surface area contributed by atoms with E-state index in [1.54, 1.807) is 16.8 Å². The monoisotopic (exact) mass is 172 g/mol. The van der Waals surface area contributed by atoms with Crippen LogP contribution in [0, 0.1) is 11.3 Å². The molecule has 64 valence electrons. The standard InChI is InChI=1S/C9H8N4/c1-11-8-3-2-7(6-10)13-9(8)4-5-12-13/h2-5,11H,1H3. The molecule has 2 aromatic heterocycles. The van der Waals surface area contributed by atoms with Crippen molar-refractivity contribution in [3.63, 3.8) is 0 Å². The molecule has 4 heteroatoms. The maximum absolute atomic E-state index is 8.79. The molecule has 0 aliphatic heterocycles.